The maximum Gasteiger partial charge on any atom is 0.118 e. The van der Waals surface area contributed by atoms with Gasteiger partial charge in [-0.25, -0.2) is 0 Å². The number of furan rings is 1. The normalized spacial score (nSPS) is 11.8. The van der Waals surface area contributed by atoms with Crippen molar-refractivity contribution in [3.8, 4) is 12.3 Å². The van der Waals surface area contributed by atoms with E-state index in [-0.39, 0.29) is 5.54 Å². The lowest BCUT2D eigenvalue weighted by Crippen LogP contribution is -2.34. The minimum atomic E-state index is 0.123. The van der Waals surface area contributed by atoms with Crippen molar-refractivity contribution in [2.75, 3.05) is 13.6 Å². The molecule has 1 rings (SSSR count). The first-order valence-corrected chi connectivity index (χ1v) is 5.84. The van der Waals surface area contributed by atoms with Gasteiger partial charge >= 0.3 is 0 Å². The predicted octanol–water partition coefficient (Wildman–Crippen LogP) is 2.23. The third-order valence-electron chi connectivity index (χ3n) is 2.32. The third-order valence-corrected chi connectivity index (χ3v) is 2.32. The second-order valence-electron chi connectivity index (χ2n) is 5.40. The molecule has 0 amide bonds. The van der Waals surface area contributed by atoms with Crippen molar-refractivity contribution >= 4 is 0 Å². The van der Waals surface area contributed by atoms with E-state index < -0.39 is 0 Å². The summed E-state index contributed by atoms with van der Waals surface area (Å²) < 4.78 is 5.50. The Kier molecular flexibility index (Phi) is 4.80. The molecule has 94 valence electrons. The minimum Gasteiger partial charge on any atom is -0.468 e. The van der Waals surface area contributed by atoms with E-state index in [1.165, 1.54) is 5.56 Å². The summed E-state index contributed by atoms with van der Waals surface area (Å²) in [5, 5.41) is 3.42. The van der Waals surface area contributed by atoms with E-state index in [4.69, 9.17) is 10.8 Å². The van der Waals surface area contributed by atoms with Gasteiger partial charge in [-0.15, -0.1) is 6.42 Å². The first kappa shape index (κ1) is 13.8. The van der Waals surface area contributed by atoms with Crippen LogP contribution in [0.1, 0.15) is 32.1 Å². The Labute approximate surface area is 104 Å². The van der Waals surface area contributed by atoms with Gasteiger partial charge < -0.3 is 9.73 Å². The molecule has 17 heavy (non-hydrogen) atoms. The summed E-state index contributed by atoms with van der Waals surface area (Å²) in [6.45, 7) is 8.65. The molecule has 0 fully saturated rings. The number of hydrogen-bond donors (Lipinski definition) is 1. The summed E-state index contributed by atoms with van der Waals surface area (Å²) >= 11 is 0. The van der Waals surface area contributed by atoms with E-state index in [0.29, 0.717) is 6.54 Å². The van der Waals surface area contributed by atoms with Gasteiger partial charge in [-0.1, -0.05) is 5.92 Å². The average Bonchev–Trinajstić information content (AvgIpc) is 2.62. The molecule has 0 aromatic carbocycles. The van der Waals surface area contributed by atoms with Crippen LogP contribution >= 0.6 is 0 Å². The zero-order valence-electron chi connectivity index (χ0n) is 11.2. The van der Waals surface area contributed by atoms with Crippen molar-refractivity contribution < 1.29 is 4.42 Å². The molecular weight excluding hydrogens is 212 g/mol. The second kappa shape index (κ2) is 5.90. The van der Waals surface area contributed by atoms with Crippen LogP contribution in [0.5, 0.6) is 0 Å². The summed E-state index contributed by atoms with van der Waals surface area (Å²) in [5.41, 5.74) is 1.29. The fourth-order valence-corrected chi connectivity index (χ4v) is 1.45. The maximum absolute atomic E-state index is 5.50. The Bertz CT molecular complexity index is 382. The van der Waals surface area contributed by atoms with Crippen molar-refractivity contribution in [1.29, 1.82) is 0 Å². The highest BCUT2D eigenvalue weighted by molar-refractivity contribution is 5.13. The number of nitrogens with one attached hydrogen (secondary N) is 1. The van der Waals surface area contributed by atoms with E-state index in [2.05, 4.69) is 38.1 Å². The highest BCUT2D eigenvalue weighted by atomic mass is 16.3. The zero-order valence-corrected chi connectivity index (χ0v) is 11.2. The molecule has 0 saturated carbocycles. The van der Waals surface area contributed by atoms with Crippen molar-refractivity contribution in [1.82, 2.24) is 10.2 Å². The first-order chi connectivity index (χ1) is 7.90. The van der Waals surface area contributed by atoms with Crippen molar-refractivity contribution in [2.24, 2.45) is 0 Å². The van der Waals surface area contributed by atoms with Crippen LogP contribution in [0.15, 0.2) is 16.7 Å². The highest BCUT2D eigenvalue weighted by Gasteiger charge is 2.10. The molecular formula is C14H22N2O. The summed E-state index contributed by atoms with van der Waals surface area (Å²) in [5.74, 6) is 3.56. The number of nitrogens with zero attached hydrogens (tertiary/aromatic N) is 1. The largest absolute Gasteiger partial charge is 0.468 e. The number of terminal acetylenes is 1. The van der Waals surface area contributed by atoms with Gasteiger partial charge in [-0.2, -0.15) is 0 Å². The Morgan fingerprint density at radius 1 is 1.47 bits per heavy atom. The zero-order chi connectivity index (χ0) is 12.9. The van der Waals surface area contributed by atoms with Crippen LogP contribution in [-0.2, 0) is 13.1 Å². The molecule has 0 spiro atoms. The second-order valence-corrected chi connectivity index (χ2v) is 5.40. The summed E-state index contributed by atoms with van der Waals surface area (Å²) in [6, 6.07) is 2.08. The molecule has 0 radical (unpaired) electrons. The monoisotopic (exact) mass is 234 g/mol. The molecule has 0 aliphatic heterocycles. The average molecular weight is 234 g/mol. The fourth-order valence-electron chi connectivity index (χ4n) is 1.45. The van der Waals surface area contributed by atoms with Crippen LogP contribution in [0.4, 0.5) is 0 Å². The Morgan fingerprint density at radius 3 is 2.76 bits per heavy atom. The Hall–Kier alpha value is -1.24. The van der Waals surface area contributed by atoms with Gasteiger partial charge in [-0.05, 0) is 33.9 Å². The Balaban J connectivity index is 2.46. The molecule has 3 nitrogen and oxygen atoms in total. The van der Waals surface area contributed by atoms with Crippen LogP contribution < -0.4 is 5.32 Å². The van der Waals surface area contributed by atoms with Gasteiger partial charge in [0.05, 0.1) is 19.4 Å². The minimum absolute atomic E-state index is 0.123. The molecule has 1 aromatic rings. The molecule has 0 aliphatic carbocycles. The van der Waals surface area contributed by atoms with Crippen LogP contribution in [0.2, 0.25) is 0 Å². The molecule has 0 aliphatic rings. The van der Waals surface area contributed by atoms with E-state index in [9.17, 15) is 0 Å². The first-order valence-electron chi connectivity index (χ1n) is 5.84. The summed E-state index contributed by atoms with van der Waals surface area (Å²) in [7, 11) is 1.98. The van der Waals surface area contributed by atoms with Gasteiger partial charge in [0, 0.05) is 17.6 Å². The van der Waals surface area contributed by atoms with Crippen molar-refractivity contribution in [3.63, 3.8) is 0 Å². The molecule has 3 heteroatoms. The van der Waals surface area contributed by atoms with Crippen LogP contribution in [0, 0.1) is 12.3 Å². The molecule has 1 N–H and O–H groups in total. The van der Waals surface area contributed by atoms with E-state index in [1.54, 1.807) is 6.26 Å². The molecule has 0 atom stereocenters. The smallest absolute Gasteiger partial charge is 0.118 e. The maximum atomic E-state index is 5.50. The lowest BCUT2D eigenvalue weighted by molar-refractivity contribution is 0.326. The lowest BCUT2D eigenvalue weighted by atomic mass is 10.1. The fraction of sp³-hybridized carbons (Fsp3) is 0.571. The lowest BCUT2D eigenvalue weighted by Gasteiger charge is -2.19. The summed E-state index contributed by atoms with van der Waals surface area (Å²) in [6.07, 6.45) is 7.05. The van der Waals surface area contributed by atoms with Crippen LogP contribution in [-0.4, -0.2) is 24.0 Å². The van der Waals surface area contributed by atoms with Crippen molar-refractivity contribution in [2.45, 2.75) is 39.4 Å². The standard InChI is InChI=1S/C14H22N2O/c1-6-7-16(5)10-13-8-12(11-17-13)9-15-14(2,3)4/h1,8,11,15H,7,9-10H2,2-5H3. The SMILES string of the molecule is C#CCN(C)Cc1cc(CNC(C)(C)C)co1. The molecule has 0 unspecified atom stereocenters. The number of hydrogen-bond acceptors (Lipinski definition) is 3. The van der Waals surface area contributed by atoms with Gasteiger partial charge in [-0.3, -0.25) is 4.90 Å². The third kappa shape index (κ3) is 5.58. The predicted molar refractivity (Wildman–Crippen MR) is 70.5 cm³/mol. The van der Waals surface area contributed by atoms with E-state index in [0.717, 1.165) is 18.8 Å². The van der Waals surface area contributed by atoms with Crippen LogP contribution in [0.25, 0.3) is 0 Å². The van der Waals surface area contributed by atoms with Gasteiger partial charge in [0.1, 0.15) is 5.76 Å². The van der Waals surface area contributed by atoms with E-state index in [1.807, 2.05) is 11.9 Å². The van der Waals surface area contributed by atoms with Gasteiger partial charge in [0.25, 0.3) is 0 Å². The molecule has 1 heterocycles. The molecule has 1 aromatic heterocycles. The van der Waals surface area contributed by atoms with Crippen LogP contribution in [0.3, 0.4) is 0 Å². The Morgan fingerprint density at radius 2 is 2.18 bits per heavy atom. The van der Waals surface area contributed by atoms with Crippen molar-refractivity contribution in [3.05, 3.63) is 23.7 Å². The molecule has 0 saturated heterocycles. The van der Waals surface area contributed by atoms with Gasteiger partial charge in [0.15, 0.2) is 0 Å². The summed E-state index contributed by atoms with van der Waals surface area (Å²) in [4.78, 5) is 2.04. The van der Waals surface area contributed by atoms with E-state index >= 15 is 0 Å². The quantitative estimate of drug-likeness (QED) is 0.792. The van der Waals surface area contributed by atoms with Gasteiger partial charge in [0.2, 0.25) is 0 Å². The topological polar surface area (TPSA) is 28.4 Å². The highest BCUT2D eigenvalue weighted by Crippen LogP contribution is 2.11. The number of rotatable bonds is 5. The molecule has 0 bridgehead atoms.